The Labute approximate surface area is 166 Å². The monoisotopic (exact) mass is 389 g/mol. The van der Waals surface area contributed by atoms with Crippen molar-refractivity contribution in [1.82, 2.24) is 15.1 Å². The summed E-state index contributed by atoms with van der Waals surface area (Å²) < 4.78 is 0. The first kappa shape index (κ1) is 18.9. The summed E-state index contributed by atoms with van der Waals surface area (Å²) >= 11 is 1.64. The molecule has 0 unspecified atom stereocenters. The summed E-state index contributed by atoms with van der Waals surface area (Å²) in [5, 5.41) is 7.43. The standard InChI is InChI=1S/C21H31N3O2S/c1-3-15(2)11-23-12-17-18(13-23)21(22-20(17)26)5-7-24(8-6-21)19(25)10-16-4-9-27-14-16/h4,9,14-15,17-18H,3,5-8,10-13H2,1-2H3,(H,22,26)/t15-,17+,18-/m0/s1. The van der Waals surface area contributed by atoms with Gasteiger partial charge >= 0.3 is 0 Å². The molecular weight excluding hydrogens is 358 g/mol. The van der Waals surface area contributed by atoms with Gasteiger partial charge in [0.1, 0.15) is 0 Å². The molecule has 1 aromatic rings. The second-order valence-electron chi connectivity index (χ2n) is 8.78. The van der Waals surface area contributed by atoms with Crippen molar-refractivity contribution in [2.45, 2.75) is 45.1 Å². The lowest BCUT2D eigenvalue weighted by Gasteiger charge is -2.43. The molecule has 3 saturated heterocycles. The number of thiophene rings is 1. The van der Waals surface area contributed by atoms with E-state index in [1.165, 1.54) is 6.42 Å². The fourth-order valence-electron chi connectivity index (χ4n) is 5.19. The van der Waals surface area contributed by atoms with Crippen LogP contribution in [0.15, 0.2) is 16.8 Å². The van der Waals surface area contributed by atoms with Crippen molar-refractivity contribution >= 4 is 23.2 Å². The van der Waals surface area contributed by atoms with E-state index in [0.717, 1.165) is 51.1 Å². The second kappa shape index (κ2) is 7.55. The number of fused-ring (bicyclic) bond motifs is 2. The fraction of sp³-hybridized carbons (Fsp3) is 0.714. The Morgan fingerprint density at radius 1 is 1.37 bits per heavy atom. The van der Waals surface area contributed by atoms with Gasteiger partial charge in [-0.25, -0.2) is 0 Å². The zero-order chi connectivity index (χ0) is 19.0. The van der Waals surface area contributed by atoms with Gasteiger partial charge in [-0.05, 0) is 41.1 Å². The Bertz CT molecular complexity index is 682. The summed E-state index contributed by atoms with van der Waals surface area (Å²) in [6, 6.07) is 2.03. The van der Waals surface area contributed by atoms with E-state index in [2.05, 4.69) is 29.4 Å². The number of nitrogens with zero attached hydrogens (tertiary/aromatic N) is 2. The molecule has 0 aromatic carbocycles. The van der Waals surface area contributed by atoms with Gasteiger partial charge in [0, 0.05) is 44.2 Å². The average Bonchev–Trinajstić information content (AvgIpc) is 3.36. The third-order valence-corrected chi connectivity index (χ3v) is 7.76. The molecular formula is C21H31N3O2S. The maximum atomic E-state index is 12.6. The average molecular weight is 390 g/mol. The molecule has 0 radical (unpaired) electrons. The highest BCUT2D eigenvalue weighted by molar-refractivity contribution is 7.08. The number of hydrogen-bond acceptors (Lipinski definition) is 4. The lowest BCUT2D eigenvalue weighted by molar-refractivity contribution is -0.132. The fourth-order valence-corrected chi connectivity index (χ4v) is 5.86. The molecule has 4 heterocycles. The Morgan fingerprint density at radius 2 is 2.15 bits per heavy atom. The quantitative estimate of drug-likeness (QED) is 0.841. The summed E-state index contributed by atoms with van der Waals surface area (Å²) in [5.41, 5.74) is 1.02. The molecule has 27 heavy (non-hydrogen) atoms. The van der Waals surface area contributed by atoms with E-state index >= 15 is 0 Å². The van der Waals surface area contributed by atoms with Crippen molar-refractivity contribution in [2.75, 3.05) is 32.7 Å². The van der Waals surface area contributed by atoms with Crippen molar-refractivity contribution < 1.29 is 9.59 Å². The Kier molecular flexibility index (Phi) is 5.30. The summed E-state index contributed by atoms with van der Waals surface area (Å²) in [6.07, 6.45) is 3.47. The largest absolute Gasteiger partial charge is 0.350 e. The van der Waals surface area contributed by atoms with E-state index in [9.17, 15) is 9.59 Å². The number of carbonyl (C=O) groups excluding carboxylic acids is 2. The number of hydrogen-bond donors (Lipinski definition) is 1. The number of carbonyl (C=O) groups is 2. The predicted octanol–water partition coefficient (Wildman–Crippen LogP) is 2.38. The number of piperidine rings is 1. The number of rotatable bonds is 5. The molecule has 4 rings (SSSR count). The van der Waals surface area contributed by atoms with Crippen LogP contribution < -0.4 is 5.32 Å². The van der Waals surface area contributed by atoms with Gasteiger partial charge in [0.05, 0.1) is 12.3 Å². The van der Waals surface area contributed by atoms with Gasteiger partial charge in [0.25, 0.3) is 0 Å². The zero-order valence-corrected chi connectivity index (χ0v) is 17.3. The van der Waals surface area contributed by atoms with Gasteiger partial charge in [-0.1, -0.05) is 20.3 Å². The van der Waals surface area contributed by atoms with E-state index in [4.69, 9.17) is 0 Å². The zero-order valence-electron chi connectivity index (χ0n) is 16.4. The molecule has 0 saturated carbocycles. The smallest absolute Gasteiger partial charge is 0.227 e. The lowest BCUT2D eigenvalue weighted by atomic mass is 9.75. The lowest BCUT2D eigenvalue weighted by Crippen LogP contribution is -2.56. The highest BCUT2D eigenvalue weighted by Crippen LogP contribution is 2.44. The molecule has 6 heteroatoms. The molecule has 3 atom stereocenters. The minimum Gasteiger partial charge on any atom is -0.350 e. The van der Waals surface area contributed by atoms with Crippen LogP contribution in [0.4, 0.5) is 0 Å². The van der Waals surface area contributed by atoms with Gasteiger partial charge < -0.3 is 15.1 Å². The van der Waals surface area contributed by atoms with Crippen LogP contribution in [0.3, 0.4) is 0 Å². The van der Waals surface area contributed by atoms with Gasteiger partial charge in [-0.15, -0.1) is 0 Å². The van der Waals surface area contributed by atoms with Crippen LogP contribution in [0.5, 0.6) is 0 Å². The number of amides is 2. The van der Waals surface area contributed by atoms with Gasteiger partial charge in [0.15, 0.2) is 0 Å². The SMILES string of the molecule is CC[C@H](C)CN1C[C@H]2C(=O)NC3(CCN(C(=O)Cc4ccsc4)CC3)[C@H]2C1. The van der Waals surface area contributed by atoms with E-state index in [1.54, 1.807) is 11.3 Å². The minimum atomic E-state index is -0.0921. The Morgan fingerprint density at radius 3 is 2.81 bits per heavy atom. The second-order valence-corrected chi connectivity index (χ2v) is 9.56. The van der Waals surface area contributed by atoms with Gasteiger partial charge in [-0.2, -0.15) is 11.3 Å². The topological polar surface area (TPSA) is 52.7 Å². The van der Waals surface area contributed by atoms with Crippen LogP contribution in [-0.4, -0.2) is 59.9 Å². The van der Waals surface area contributed by atoms with E-state index < -0.39 is 0 Å². The van der Waals surface area contributed by atoms with Gasteiger partial charge in [-0.3, -0.25) is 9.59 Å². The van der Waals surface area contributed by atoms with E-state index in [-0.39, 0.29) is 23.3 Å². The molecule has 3 fully saturated rings. The molecule has 1 N–H and O–H groups in total. The van der Waals surface area contributed by atoms with Crippen LogP contribution in [0, 0.1) is 17.8 Å². The molecule has 3 aliphatic rings. The molecule has 5 nitrogen and oxygen atoms in total. The molecule has 148 valence electrons. The first-order valence-corrected chi connectivity index (χ1v) is 11.3. The third kappa shape index (κ3) is 3.66. The number of nitrogens with one attached hydrogen (secondary N) is 1. The highest BCUT2D eigenvalue weighted by Gasteiger charge is 2.57. The first-order valence-electron chi connectivity index (χ1n) is 10.3. The maximum absolute atomic E-state index is 12.6. The van der Waals surface area contributed by atoms with Crippen molar-refractivity contribution in [3.05, 3.63) is 22.4 Å². The van der Waals surface area contributed by atoms with Crippen LogP contribution in [-0.2, 0) is 16.0 Å². The molecule has 2 amide bonds. The normalized spacial score (nSPS) is 28.4. The minimum absolute atomic E-state index is 0.0921. The first-order chi connectivity index (χ1) is 13.0. The summed E-state index contributed by atoms with van der Waals surface area (Å²) in [5.74, 6) is 1.68. The maximum Gasteiger partial charge on any atom is 0.227 e. The Hall–Kier alpha value is -1.40. The molecule has 1 spiro atoms. The third-order valence-electron chi connectivity index (χ3n) is 7.02. The van der Waals surface area contributed by atoms with Crippen molar-refractivity contribution in [3.63, 3.8) is 0 Å². The summed E-state index contributed by atoms with van der Waals surface area (Å²) in [4.78, 5) is 29.7. The highest BCUT2D eigenvalue weighted by atomic mass is 32.1. The summed E-state index contributed by atoms with van der Waals surface area (Å²) in [7, 11) is 0. The molecule has 1 aromatic heterocycles. The van der Waals surface area contributed by atoms with E-state index in [0.29, 0.717) is 18.3 Å². The van der Waals surface area contributed by atoms with E-state index in [1.807, 2.05) is 16.3 Å². The van der Waals surface area contributed by atoms with Gasteiger partial charge in [0.2, 0.25) is 11.8 Å². The Balaban J connectivity index is 1.37. The van der Waals surface area contributed by atoms with Crippen molar-refractivity contribution in [1.29, 1.82) is 0 Å². The van der Waals surface area contributed by atoms with Crippen LogP contribution >= 0.6 is 11.3 Å². The number of likely N-dealkylation sites (tertiary alicyclic amines) is 2. The van der Waals surface area contributed by atoms with Crippen molar-refractivity contribution in [2.24, 2.45) is 17.8 Å². The van der Waals surface area contributed by atoms with Crippen molar-refractivity contribution in [3.8, 4) is 0 Å². The van der Waals surface area contributed by atoms with Crippen LogP contribution in [0.2, 0.25) is 0 Å². The predicted molar refractivity (Wildman–Crippen MR) is 108 cm³/mol. The van der Waals surface area contributed by atoms with Crippen LogP contribution in [0.25, 0.3) is 0 Å². The molecule has 0 bridgehead atoms. The molecule has 3 aliphatic heterocycles. The summed E-state index contributed by atoms with van der Waals surface area (Å²) in [6.45, 7) is 9.08. The molecule has 0 aliphatic carbocycles. The van der Waals surface area contributed by atoms with Crippen LogP contribution in [0.1, 0.15) is 38.7 Å².